The molecule has 0 aliphatic carbocycles. The number of ketones is 1. The lowest BCUT2D eigenvalue weighted by Crippen LogP contribution is -2.11. The lowest BCUT2D eigenvalue weighted by Gasteiger charge is -2.00. The minimum atomic E-state index is -3.90. The molecule has 0 spiro atoms. The first kappa shape index (κ1) is 12.5. The van der Waals surface area contributed by atoms with E-state index in [2.05, 4.69) is 0 Å². The molecule has 0 saturated carbocycles. The van der Waals surface area contributed by atoms with Crippen molar-refractivity contribution in [3.63, 3.8) is 0 Å². The molecule has 0 rings (SSSR count). The van der Waals surface area contributed by atoms with Gasteiger partial charge in [-0.3, -0.25) is 9.35 Å². The summed E-state index contributed by atoms with van der Waals surface area (Å²) in [6.45, 7) is 1.91. The highest BCUT2D eigenvalue weighted by Crippen LogP contribution is 1.90. The van der Waals surface area contributed by atoms with Gasteiger partial charge in [0, 0.05) is 13.0 Å². The van der Waals surface area contributed by atoms with E-state index in [1.165, 1.54) is 0 Å². The molecule has 0 atom stereocenters. The van der Waals surface area contributed by atoms with Crippen molar-refractivity contribution in [3.05, 3.63) is 0 Å². The first-order valence-corrected chi connectivity index (χ1v) is 5.61. The van der Waals surface area contributed by atoms with Gasteiger partial charge in [0.25, 0.3) is 10.1 Å². The third-order valence-electron chi connectivity index (χ3n) is 1.35. The highest BCUT2D eigenvalue weighted by molar-refractivity contribution is 7.85. The molecule has 13 heavy (non-hydrogen) atoms. The van der Waals surface area contributed by atoms with Crippen molar-refractivity contribution < 1.29 is 22.5 Å². The first-order chi connectivity index (χ1) is 5.95. The molecule has 78 valence electrons. The third kappa shape index (κ3) is 9.45. The van der Waals surface area contributed by atoms with Crippen molar-refractivity contribution in [2.75, 3.05) is 19.0 Å². The fourth-order valence-electron chi connectivity index (χ4n) is 0.631. The second-order valence-corrected chi connectivity index (χ2v) is 4.16. The minimum Gasteiger partial charge on any atom is -0.374 e. The van der Waals surface area contributed by atoms with Crippen LogP contribution in [0.1, 0.15) is 19.8 Å². The van der Waals surface area contributed by atoms with Crippen LogP contribution in [0.25, 0.3) is 0 Å². The molecule has 0 aromatic rings. The van der Waals surface area contributed by atoms with E-state index < -0.39 is 10.1 Å². The highest BCUT2D eigenvalue weighted by atomic mass is 32.2. The smallest absolute Gasteiger partial charge is 0.264 e. The first-order valence-electron chi connectivity index (χ1n) is 4.00. The normalized spacial score (nSPS) is 11.5. The molecule has 0 heterocycles. The van der Waals surface area contributed by atoms with Gasteiger partial charge in [-0.1, -0.05) is 6.92 Å². The molecule has 0 radical (unpaired) electrons. The predicted octanol–water partition coefficient (Wildman–Crippen LogP) is 0.260. The zero-order chi connectivity index (χ0) is 10.3. The maximum absolute atomic E-state index is 10.7. The molecule has 0 fully saturated rings. The Balaban J connectivity index is 3.33. The molecule has 0 aliphatic heterocycles. The summed E-state index contributed by atoms with van der Waals surface area (Å²) in [5.74, 6) is -0.348. The van der Waals surface area contributed by atoms with Gasteiger partial charge in [0.2, 0.25) is 0 Å². The zero-order valence-corrected chi connectivity index (χ0v) is 8.34. The Morgan fingerprint density at radius 2 is 2.08 bits per heavy atom. The van der Waals surface area contributed by atoms with E-state index in [1.54, 1.807) is 6.92 Å². The van der Waals surface area contributed by atoms with Crippen LogP contribution in [0, 0.1) is 0 Å². The highest BCUT2D eigenvalue weighted by Gasteiger charge is 2.04. The number of hydrogen-bond donors (Lipinski definition) is 1. The molecule has 1 N–H and O–H groups in total. The lowest BCUT2D eigenvalue weighted by atomic mass is 10.3. The van der Waals surface area contributed by atoms with Crippen LogP contribution in [-0.2, 0) is 19.6 Å². The van der Waals surface area contributed by atoms with Crippen LogP contribution in [0.2, 0.25) is 0 Å². The summed E-state index contributed by atoms with van der Waals surface area (Å²) < 4.78 is 33.6. The maximum atomic E-state index is 10.7. The summed E-state index contributed by atoms with van der Waals surface area (Å²) >= 11 is 0. The van der Waals surface area contributed by atoms with Crippen molar-refractivity contribution in [2.24, 2.45) is 0 Å². The van der Waals surface area contributed by atoms with E-state index in [1.807, 2.05) is 0 Å². The summed E-state index contributed by atoms with van der Waals surface area (Å²) in [6.07, 6.45) is 0.619. The third-order valence-corrected chi connectivity index (χ3v) is 2.15. The van der Waals surface area contributed by atoms with E-state index >= 15 is 0 Å². The summed E-state index contributed by atoms with van der Waals surface area (Å²) in [6, 6.07) is 0. The number of carbonyl (C=O) groups excluding carboxylic acids is 1. The SMILES string of the molecule is CCC(=O)COCCCS(=O)(=O)O. The number of hydrogen-bond acceptors (Lipinski definition) is 4. The lowest BCUT2D eigenvalue weighted by molar-refractivity contribution is -0.123. The number of Topliss-reactive ketones (excluding diaryl/α,β-unsaturated/α-hetero) is 1. The second kappa shape index (κ2) is 6.06. The Bertz CT molecular complexity index is 244. The van der Waals surface area contributed by atoms with Gasteiger partial charge in [0.05, 0.1) is 5.75 Å². The molecule has 0 saturated heterocycles. The molecule has 0 amide bonds. The minimum absolute atomic E-state index is 0.0158. The Morgan fingerprint density at radius 3 is 2.54 bits per heavy atom. The molecule has 0 aliphatic rings. The van der Waals surface area contributed by atoms with Crippen molar-refractivity contribution >= 4 is 15.9 Å². The van der Waals surface area contributed by atoms with Gasteiger partial charge < -0.3 is 4.74 Å². The molecule has 0 bridgehead atoms. The van der Waals surface area contributed by atoms with Crippen LogP contribution in [0.5, 0.6) is 0 Å². The van der Waals surface area contributed by atoms with Gasteiger partial charge in [0.15, 0.2) is 5.78 Å². The maximum Gasteiger partial charge on any atom is 0.264 e. The number of ether oxygens (including phenoxy) is 1. The summed E-state index contributed by atoms with van der Waals surface area (Å²) in [7, 11) is -3.90. The molecule has 0 aromatic heterocycles. The van der Waals surface area contributed by atoms with Crippen LogP contribution < -0.4 is 0 Å². The average Bonchev–Trinajstić information content (AvgIpc) is 2.01. The average molecular weight is 210 g/mol. The standard InChI is InChI=1S/C7H14O5S/c1-2-7(8)6-12-4-3-5-13(9,10)11/h2-6H2,1H3,(H,9,10,11). The van der Waals surface area contributed by atoms with Crippen LogP contribution >= 0.6 is 0 Å². The number of carbonyl (C=O) groups is 1. The van der Waals surface area contributed by atoms with E-state index in [0.717, 1.165) is 0 Å². The molecular formula is C7H14O5S. The fraction of sp³-hybridized carbons (Fsp3) is 0.857. The van der Waals surface area contributed by atoms with Crippen LogP contribution in [0.4, 0.5) is 0 Å². The van der Waals surface area contributed by atoms with Crippen molar-refractivity contribution in [3.8, 4) is 0 Å². The second-order valence-electron chi connectivity index (χ2n) is 2.58. The topological polar surface area (TPSA) is 80.7 Å². The Hall–Kier alpha value is -0.460. The molecule has 0 aromatic carbocycles. The quantitative estimate of drug-likeness (QED) is 0.481. The predicted molar refractivity (Wildman–Crippen MR) is 47.1 cm³/mol. The largest absolute Gasteiger partial charge is 0.374 e. The Kier molecular flexibility index (Phi) is 5.85. The monoisotopic (exact) mass is 210 g/mol. The van der Waals surface area contributed by atoms with Gasteiger partial charge in [-0.25, -0.2) is 0 Å². The summed E-state index contributed by atoms with van der Waals surface area (Å²) in [5, 5.41) is 0. The van der Waals surface area contributed by atoms with E-state index in [0.29, 0.717) is 6.42 Å². The van der Waals surface area contributed by atoms with Crippen LogP contribution in [0.15, 0.2) is 0 Å². The molecule has 6 heteroatoms. The molecular weight excluding hydrogens is 196 g/mol. The van der Waals surface area contributed by atoms with Gasteiger partial charge in [0.1, 0.15) is 6.61 Å². The molecule has 0 unspecified atom stereocenters. The summed E-state index contributed by atoms with van der Waals surface area (Å²) in [5.41, 5.74) is 0. The van der Waals surface area contributed by atoms with Crippen LogP contribution in [0.3, 0.4) is 0 Å². The molecule has 5 nitrogen and oxygen atoms in total. The van der Waals surface area contributed by atoms with Gasteiger partial charge in [-0.15, -0.1) is 0 Å². The van der Waals surface area contributed by atoms with E-state index in [4.69, 9.17) is 9.29 Å². The van der Waals surface area contributed by atoms with Crippen molar-refractivity contribution in [1.29, 1.82) is 0 Å². The van der Waals surface area contributed by atoms with Crippen molar-refractivity contribution in [2.45, 2.75) is 19.8 Å². The number of rotatable bonds is 7. The van der Waals surface area contributed by atoms with Crippen molar-refractivity contribution in [1.82, 2.24) is 0 Å². The van der Waals surface area contributed by atoms with Gasteiger partial charge in [-0.05, 0) is 6.42 Å². The van der Waals surface area contributed by atoms with E-state index in [-0.39, 0.29) is 31.2 Å². The van der Waals surface area contributed by atoms with Gasteiger partial charge >= 0.3 is 0 Å². The summed E-state index contributed by atoms with van der Waals surface area (Å²) in [4.78, 5) is 10.7. The zero-order valence-electron chi connectivity index (χ0n) is 7.52. The van der Waals surface area contributed by atoms with Crippen LogP contribution in [-0.4, -0.2) is 37.7 Å². The Morgan fingerprint density at radius 1 is 1.46 bits per heavy atom. The van der Waals surface area contributed by atoms with Gasteiger partial charge in [-0.2, -0.15) is 8.42 Å². The Labute approximate surface area is 77.8 Å². The van der Waals surface area contributed by atoms with E-state index in [9.17, 15) is 13.2 Å². The fourth-order valence-corrected chi connectivity index (χ4v) is 1.11.